The molecule has 0 saturated carbocycles. The van der Waals surface area contributed by atoms with E-state index in [1.807, 2.05) is 6.07 Å². The highest BCUT2D eigenvalue weighted by Gasteiger charge is 2.26. The zero-order valence-corrected chi connectivity index (χ0v) is 13.4. The van der Waals surface area contributed by atoms with Crippen molar-refractivity contribution in [2.75, 3.05) is 34.0 Å². The Kier molecular flexibility index (Phi) is 6.33. The molecular formula is C17H27NO3. The van der Waals surface area contributed by atoms with Gasteiger partial charge < -0.3 is 19.5 Å². The van der Waals surface area contributed by atoms with Crippen molar-refractivity contribution in [3.8, 4) is 11.5 Å². The van der Waals surface area contributed by atoms with Crippen molar-refractivity contribution in [2.24, 2.45) is 5.92 Å². The molecule has 2 rings (SSSR count). The lowest BCUT2D eigenvalue weighted by Gasteiger charge is -2.31. The molecule has 0 amide bonds. The van der Waals surface area contributed by atoms with Crippen LogP contribution < -0.4 is 14.8 Å². The first-order chi connectivity index (χ1) is 10.3. The van der Waals surface area contributed by atoms with Crippen molar-refractivity contribution < 1.29 is 14.2 Å². The molecule has 1 fully saturated rings. The summed E-state index contributed by atoms with van der Waals surface area (Å²) >= 11 is 0. The molecule has 21 heavy (non-hydrogen) atoms. The lowest BCUT2D eigenvalue weighted by Crippen LogP contribution is -2.33. The summed E-state index contributed by atoms with van der Waals surface area (Å²) < 4.78 is 16.5. The van der Waals surface area contributed by atoms with Crippen LogP contribution in [0.5, 0.6) is 11.5 Å². The van der Waals surface area contributed by atoms with Crippen LogP contribution in [-0.4, -0.2) is 34.0 Å². The molecule has 0 bridgehead atoms. The van der Waals surface area contributed by atoms with Crippen molar-refractivity contribution >= 4 is 0 Å². The summed E-state index contributed by atoms with van der Waals surface area (Å²) in [6.07, 6.45) is 3.45. The Morgan fingerprint density at radius 3 is 2.48 bits per heavy atom. The Hall–Kier alpha value is -1.26. The zero-order chi connectivity index (χ0) is 15.1. The van der Waals surface area contributed by atoms with E-state index in [2.05, 4.69) is 24.4 Å². The van der Waals surface area contributed by atoms with Crippen LogP contribution in [0.25, 0.3) is 0 Å². The summed E-state index contributed by atoms with van der Waals surface area (Å²) in [7, 11) is 3.38. The number of benzene rings is 1. The molecule has 118 valence electrons. The minimum atomic E-state index is 0.286. The average molecular weight is 293 g/mol. The topological polar surface area (TPSA) is 39.7 Å². The number of nitrogens with one attached hydrogen (secondary N) is 1. The van der Waals surface area contributed by atoms with Crippen LogP contribution in [0, 0.1) is 5.92 Å². The Morgan fingerprint density at radius 1 is 1.24 bits per heavy atom. The number of methoxy groups -OCH3 is 2. The van der Waals surface area contributed by atoms with E-state index in [-0.39, 0.29) is 6.04 Å². The van der Waals surface area contributed by atoms with Crippen LogP contribution >= 0.6 is 0 Å². The highest BCUT2D eigenvalue weighted by atomic mass is 16.5. The van der Waals surface area contributed by atoms with Crippen molar-refractivity contribution in [3.05, 3.63) is 23.8 Å². The van der Waals surface area contributed by atoms with Gasteiger partial charge >= 0.3 is 0 Å². The van der Waals surface area contributed by atoms with Crippen LogP contribution in [0.2, 0.25) is 0 Å². The Labute approximate surface area is 127 Å². The summed E-state index contributed by atoms with van der Waals surface area (Å²) in [6.45, 7) is 4.90. The van der Waals surface area contributed by atoms with Gasteiger partial charge in [0.15, 0.2) is 0 Å². The number of hydrogen-bond acceptors (Lipinski definition) is 4. The standard InChI is InChI=1S/C17H27NO3/c1-4-7-18-17(13-6-5-8-21-12-13)14-9-15(19-2)11-16(10-14)20-3/h9-11,13,17-18H,4-8,12H2,1-3H3. The quantitative estimate of drug-likeness (QED) is 0.838. The van der Waals surface area contributed by atoms with Gasteiger partial charge in [-0.15, -0.1) is 0 Å². The zero-order valence-electron chi connectivity index (χ0n) is 13.4. The van der Waals surface area contributed by atoms with Gasteiger partial charge in [0.1, 0.15) is 11.5 Å². The lowest BCUT2D eigenvalue weighted by atomic mass is 9.88. The van der Waals surface area contributed by atoms with Gasteiger partial charge in [0, 0.05) is 24.6 Å². The molecule has 2 unspecified atom stereocenters. The van der Waals surface area contributed by atoms with E-state index in [1.54, 1.807) is 14.2 Å². The predicted octanol–water partition coefficient (Wildman–Crippen LogP) is 3.17. The van der Waals surface area contributed by atoms with Gasteiger partial charge in [-0.3, -0.25) is 0 Å². The summed E-state index contributed by atoms with van der Waals surface area (Å²) in [5.41, 5.74) is 1.22. The molecule has 1 heterocycles. The smallest absolute Gasteiger partial charge is 0.122 e. The third kappa shape index (κ3) is 4.35. The van der Waals surface area contributed by atoms with Crippen LogP contribution in [0.3, 0.4) is 0 Å². The van der Waals surface area contributed by atoms with Crippen LogP contribution in [-0.2, 0) is 4.74 Å². The van der Waals surface area contributed by atoms with Gasteiger partial charge in [0.25, 0.3) is 0 Å². The van der Waals surface area contributed by atoms with Gasteiger partial charge in [-0.2, -0.15) is 0 Å². The second kappa shape index (κ2) is 8.25. The maximum absolute atomic E-state index is 5.68. The van der Waals surface area contributed by atoms with Gasteiger partial charge in [-0.25, -0.2) is 0 Å². The van der Waals surface area contributed by atoms with Gasteiger partial charge in [-0.05, 0) is 43.5 Å². The minimum Gasteiger partial charge on any atom is -0.497 e. The molecule has 1 aromatic rings. The molecule has 1 N–H and O–H groups in total. The Bertz CT molecular complexity index is 408. The lowest BCUT2D eigenvalue weighted by molar-refractivity contribution is 0.0390. The second-order valence-electron chi connectivity index (χ2n) is 5.56. The number of hydrogen-bond donors (Lipinski definition) is 1. The molecule has 2 atom stereocenters. The van der Waals surface area contributed by atoms with Gasteiger partial charge in [0.05, 0.1) is 20.8 Å². The second-order valence-corrected chi connectivity index (χ2v) is 5.56. The van der Waals surface area contributed by atoms with E-state index in [4.69, 9.17) is 14.2 Å². The molecular weight excluding hydrogens is 266 g/mol. The van der Waals surface area contributed by atoms with Gasteiger partial charge in [0.2, 0.25) is 0 Å². The summed E-state index contributed by atoms with van der Waals surface area (Å²) in [6, 6.07) is 6.40. The fourth-order valence-corrected chi connectivity index (χ4v) is 2.89. The van der Waals surface area contributed by atoms with Crippen molar-refractivity contribution in [1.29, 1.82) is 0 Å². The minimum absolute atomic E-state index is 0.286. The molecule has 0 spiro atoms. The average Bonchev–Trinajstić information content (AvgIpc) is 2.55. The molecule has 0 radical (unpaired) electrons. The van der Waals surface area contributed by atoms with Crippen molar-refractivity contribution in [1.82, 2.24) is 5.32 Å². The normalized spacial score (nSPS) is 20.0. The summed E-state index contributed by atoms with van der Waals surface area (Å²) in [4.78, 5) is 0. The van der Waals surface area contributed by atoms with E-state index in [1.165, 1.54) is 12.0 Å². The third-order valence-electron chi connectivity index (χ3n) is 4.01. The maximum Gasteiger partial charge on any atom is 0.122 e. The molecule has 0 aromatic heterocycles. The first-order valence-corrected chi connectivity index (χ1v) is 7.82. The molecule has 1 aliphatic heterocycles. The van der Waals surface area contributed by atoms with E-state index < -0.39 is 0 Å². The summed E-state index contributed by atoms with van der Waals surface area (Å²) in [5.74, 6) is 2.18. The fraction of sp³-hybridized carbons (Fsp3) is 0.647. The first kappa shape index (κ1) is 16.1. The molecule has 4 heteroatoms. The van der Waals surface area contributed by atoms with E-state index in [0.29, 0.717) is 5.92 Å². The Balaban J connectivity index is 2.25. The van der Waals surface area contributed by atoms with Crippen molar-refractivity contribution in [2.45, 2.75) is 32.2 Å². The maximum atomic E-state index is 5.68. The first-order valence-electron chi connectivity index (χ1n) is 7.82. The van der Waals surface area contributed by atoms with Crippen molar-refractivity contribution in [3.63, 3.8) is 0 Å². The molecule has 4 nitrogen and oxygen atoms in total. The highest BCUT2D eigenvalue weighted by Crippen LogP contribution is 2.33. The SMILES string of the molecule is CCCNC(c1cc(OC)cc(OC)c1)C1CCCOC1. The predicted molar refractivity (Wildman–Crippen MR) is 84.1 cm³/mol. The monoisotopic (exact) mass is 293 g/mol. The highest BCUT2D eigenvalue weighted by molar-refractivity contribution is 5.40. The van der Waals surface area contributed by atoms with E-state index >= 15 is 0 Å². The Morgan fingerprint density at radius 2 is 1.95 bits per heavy atom. The number of ether oxygens (including phenoxy) is 3. The van der Waals surface area contributed by atoms with Crippen LogP contribution in [0.1, 0.15) is 37.8 Å². The summed E-state index contributed by atoms with van der Waals surface area (Å²) in [5, 5.41) is 3.67. The largest absolute Gasteiger partial charge is 0.497 e. The number of rotatable bonds is 7. The third-order valence-corrected chi connectivity index (χ3v) is 4.01. The fourth-order valence-electron chi connectivity index (χ4n) is 2.89. The molecule has 0 aliphatic carbocycles. The molecule has 1 aliphatic rings. The van der Waals surface area contributed by atoms with E-state index in [9.17, 15) is 0 Å². The molecule has 1 aromatic carbocycles. The van der Waals surface area contributed by atoms with Crippen LogP contribution in [0.15, 0.2) is 18.2 Å². The van der Waals surface area contributed by atoms with Crippen LogP contribution in [0.4, 0.5) is 0 Å². The van der Waals surface area contributed by atoms with E-state index in [0.717, 1.165) is 44.1 Å². The molecule has 1 saturated heterocycles. The van der Waals surface area contributed by atoms with Gasteiger partial charge in [-0.1, -0.05) is 6.92 Å².